The number of aromatic hydroxyl groups is 1. The number of rotatable bonds is 13. The Morgan fingerprint density at radius 1 is 0.808 bits per heavy atom. The van der Waals surface area contributed by atoms with Gasteiger partial charge in [-0.3, -0.25) is 0 Å². The highest BCUT2D eigenvalue weighted by Gasteiger charge is 2.39. The topological polar surface area (TPSA) is 20.2 Å². The molecule has 2 saturated carbocycles. The van der Waals surface area contributed by atoms with Crippen molar-refractivity contribution in [2.75, 3.05) is 0 Å². The van der Waals surface area contributed by atoms with Crippen LogP contribution in [0.4, 0.5) is 0 Å². The van der Waals surface area contributed by atoms with Crippen molar-refractivity contribution in [3.05, 3.63) is 29.3 Å². The first-order chi connectivity index (χ1) is 12.5. The highest BCUT2D eigenvalue weighted by atomic mass is 16.3. The zero-order chi connectivity index (χ0) is 18.5. The number of phenols is 1. The minimum Gasteiger partial charge on any atom is -0.508 e. The van der Waals surface area contributed by atoms with E-state index in [9.17, 15) is 5.11 Å². The first-order valence-corrected chi connectivity index (χ1v) is 11.4. The number of hydrogen-bond acceptors (Lipinski definition) is 1. The molecule has 0 atom stereocenters. The molecular formula is C25H40O. The molecule has 0 spiro atoms. The highest BCUT2D eigenvalue weighted by Crippen LogP contribution is 2.52. The molecule has 1 aromatic carbocycles. The molecule has 0 aliphatic heterocycles. The van der Waals surface area contributed by atoms with Gasteiger partial charge in [0, 0.05) is 0 Å². The van der Waals surface area contributed by atoms with Gasteiger partial charge < -0.3 is 5.11 Å². The van der Waals surface area contributed by atoms with Crippen molar-refractivity contribution in [2.45, 2.75) is 110 Å². The van der Waals surface area contributed by atoms with Crippen LogP contribution in [0.2, 0.25) is 0 Å². The van der Waals surface area contributed by atoms with E-state index in [1.54, 1.807) is 0 Å². The van der Waals surface area contributed by atoms with Gasteiger partial charge in [0.1, 0.15) is 5.75 Å². The average Bonchev–Trinajstić information content (AvgIpc) is 3.55. The first-order valence-electron chi connectivity index (χ1n) is 11.4. The summed E-state index contributed by atoms with van der Waals surface area (Å²) in [5.74, 6) is 0.438. The number of benzene rings is 1. The van der Waals surface area contributed by atoms with Gasteiger partial charge in [0.25, 0.3) is 0 Å². The number of phenolic OH excluding ortho intramolecular Hbond substituents is 1. The summed E-state index contributed by atoms with van der Waals surface area (Å²) < 4.78 is 0. The maximum atomic E-state index is 9.89. The lowest BCUT2D eigenvalue weighted by atomic mass is 9.93. The summed E-state index contributed by atoms with van der Waals surface area (Å²) in [5.41, 5.74) is 4.33. The normalized spacial score (nSPS) is 19.5. The maximum Gasteiger partial charge on any atom is 0.115 e. The van der Waals surface area contributed by atoms with E-state index in [0.717, 1.165) is 11.8 Å². The third kappa shape index (κ3) is 6.03. The largest absolute Gasteiger partial charge is 0.508 e. The van der Waals surface area contributed by atoms with Gasteiger partial charge in [-0.25, -0.2) is 0 Å². The molecule has 0 saturated heterocycles. The van der Waals surface area contributed by atoms with Crippen molar-refractivity contribution >= 4 is 0 Å². The van der Waals surface area contributed by atoms with Crippen LogP contribution in [0.15, 0.2) is 18.2 Å². The quantitative estimate of drug-likeness (QED) is 0.361. The number of hydrogen-bond donors (Lipinski definition) is 1. The molecule has 0 unspecified atom stereocenters. The van der Waals surface area contributed by atoms with Crippen molar-refractivity contribution in [1.29, 1.82) is 0 Å². The van der Waals surface area contributed by atoms with Gasteiger partial charge in [-0.1, -0.05) is 52.0 Å². The van der Waals surface area contributed by atoms with Gasteiger partial charge in [0.2, 0.25) is 0 Å². The van der Waals surface area contributed by atoms with E-state index in [0.29, 0.717) is 11.2 Å². The summed E-state index contributed by atoms with van der Waals surface area (Å²) in [5, 5.41) is 9.89. The van der Waals surface area contributed by atoms with Crippen molar-refractivity contribution < 1.29 is 5.11 Å². The maximum absolute atomic E-state index is 9.89. The van der Waals surface area contributed by atoms with Gasteiger partial charge in [-0.2, -0.15) is 0 Å². The van der Waals surface area contributed by atoms with Gasteiger partial charge >= 0.3 is 0 Å². The van der Waals surface area contributed by atoms with Gasteiger partial charge in [0.05, 0.1) is 0 Å². The van der Waals surface area contributed by atoms with E-state index in [2.05, 4.69) is 19.9 Å². The van der Waals surface area contributed by atoms with Crippen molar-refractivity contribution in [3.63, 3.8) is 0 Å². The molecule has 0 amide bonds. The van der Waals surface area contributed by atoms with Gasteiger partial charge in [-0.05, 0) is 98.3 Å². The van der Waals surface area contributed by atoms with Crippen LogP contribution in [0.3, 0.4) is 0 Å². The lowest BCUT2D eigenvalue weighted by Gasteiger charge is -2.13. The van der Waals surface area contributed by atoms with E-state index < -0.39 is 0 Å². The fraction of sp³-hybridized carbons (Fsp3) is 0.760. The van der Waals surface area contributed by atoms with Crippen LogP contribution >= 0.6 is 0 Å². The predicted octanol–water partition coefficient (Wildman–Crippen LogP) is 7.59. The second kappa shape index (κ2) is 8.81. The van der Waals surface area contributed by atoms with Crippen molar-refractivity contribution in [1.82, 2.24) is 0 Å². The molecule has 146 valence electrons. The van der Waals surface area contributed by atoms with Crippen LogP contribution in [0.5, 0.6) is 5.75 Å². The molecule has 1 aromatic rings. The standard InChI is InChI=1S/C25H40O/c1-3-25(18-19-25)15-9-5-6-10-21-12-13-23(26)20-22(21)11-7-4-8-14-24(2)16-17-24/h12-13,20,26H,3-11,14-19H2,1-2H3. The molecule has 1 nitrogen and oxygen atoms in total. The Bertz CT molecular complexity index is 566. The number of unbranched alkanes of at least 4 members (excludes halogenated alkanes) is 4. The molecule has 2 aliphatic carbocycles. The van der Waals surface area contributed by atoms with Gasteiger partial charge in [0.15, 0.2) is 0 Å². The molecule has 26 heavy (non-hydrogen) atoms. The summed E-state index contributed by atoms with van der Waals surface area (Å²) in [7, 11) is 0. The van der Waals surface area contributed by atoms with Crippen LogP contribution in [0, 0.1) is 10.8 Å². The lowest BCUT2D eigenvalue weighted by Crippen LogP contribution is -1.99. The van der Waals surface area contributed by atoms with E-state index >= 15 is 0 Å². The second-order valence-corrected chi connectivity index (χ2v) is 9.74. The van der Waals surface area contributed by atoms with Crippen molar-refractivity contribution in [3.8, 4) is 5.75 Å². The smallest absolute Gasteiger partial charge is 0.115 e. The summed E-state index contributed by atoms with van der Waals surface area (Å²) in [6, 6.07) is 6.07. The third-order valence-corrected chi connectivity index (χ3v) is 7.38. The molecule has 3 rings (SSSR count). The summed E-state index contributed by atoms with van der Waals surface area (Å²) in [6.45, 7) is 4.80. The third-order valence-electron chi connectivity index (χ3n) is 7.38. The van der Waals surface area contributed by atoms with E-state index in [4.69, 9.17) is 0 Å². The minimum absolute atomic E-state index is 0.438. The zero-order valence-electron chi connectivity index (χ0n) is 17.3. The van der Waals surface area contributed by atoms with Crippen LogP contribution in [-0.2, 0) is 12.8 Å². The van der Waals surface area contributed by atoms with Crippen LogP contribution in [0.1, 0.15) is 108 Å². The Hall–Kier alpha value is -0.980. The van der Waals surface area contributed by atoms with Crippen LogP contribution in [0.25, 0.3) is 0 Å². The van der Waals surface area contributed by atoms with E-state index in [1.807, 2.05) is 12.1 Å². The van der Waals surface area contributed by atoms with Crippen molar-refractivity contribution in [2.24, 2.45) is 10.8 Å². The minimum atomic E-state index is 0.438. The Balaban J connectivity index is 1.36. The molecule has 0 aromatic heterocycles. The first kappa shape index (κ1) is 19.8. The second-order valence-electron chi connectivity index (χ2n) is 9.74. The van der Waals surface area contributed by atoms with E-state index in [-0.39, 0.29) is 0 Å². The molecule has 0 radical (unpaired) electrons. The summed E-state index contributed by atoms with van der Waals surface area (Å²) >= 11 is 0. The van der Waals surface area contributed by atoms with E-state index in [1.165, 1.54) is 101 Å². The fourth-order valence-electron chi connectivity index (χ4n) is 4.55. The molecule has 0 bridgehead atoms. The lowest BCUT2D eigenvalue weighted by molar-refractivity contribution is 0.422. The Kier molecular flexibility index (Phi) is 6.70. The molecule has 0 heterocycles. The molecular weight excluding hydrogens is 316 g/mol. The monoisotopic (exact) mass is 356 g/mol. The summed E-state index contributed by atoms with van der Waals surface area (Å²) in [6.07, 6.45) is 20.5. The molecule has 1 N–H and O–H groups in total. The molecule has 1 heteroatoms. The highest BCUT2D eigenvalue weighted by molar-refractivity contribution is 5.35. The fourth-order valence-corrected chi connectivity index (χ4v) is 4.55. The Morgan fingerprint density at radius 2 is 1.46 bits per heavy atom. The molecule has 2 fully saturated rings. The Morgan fingerprint density at radius 3 is 2.08 bits per heavy atom. The summed E-state index contributed by atoms with van der Waals surface area (Å²) in [4.78, 5) is 0. The van der Waals surface area contributed by atoms with Crippen LogP contribution in [-0.4, -0.2) is 5.11 Å². The SMILES string of the molecule is CCC1(CCCCCc2ccc(O)cc2CCCCCC2(C)CC2)CC1. The Labute approximate surface area is 161 Å². The predicted molar refractivity (Wildman–Crippen MR) is 112 cm³/mol. The average molecular weight is 357 g/mol. The zero-order valence-corrected chi connectivity index (χ0v) is 17.3. The number of aryl methyl sites for hydroxylation is 2. The van der Waals surface area contributed by atoms with Crippen LogP contribution < -0.4 is 0 Å². The molecule has 2 aliphatic rings. The van der Waals surface area contributed by atoms with Gasteiger partial charge in [-0.15, -0.1) is 0 Å².